The van der Waals surface area contributed by atoms with Gasteiger partial charge in [-0.3, -0.25) is 4.79 Å². The van der Waals surface area contributed by atoms with Gasteiger partial charge in [0.15, 0.2) is 0 Å². The predicted octanol–water partition coefficient (Wildman–Crippen LogP) is 4.16. The van der Waals surface area contributed by atoms with Gasteiger partial charge in [0.25, 0.3) is 5.91 Å². The van der Waals surface area contributed by atoms with Gasteiger partial charge in [0.05, 0.1) is 12.7 Å². The van der Waals surface area contributed by atoms with Crippen molar-refractivity contribution in [1.82, 2.24) is 5.32 Å². The maximum atomic E-state index is 12.4. The topological polar surface area (TPSA) is 38.3 Å². The molecule has 0 heterocycles. The average molecular weight is 340 g/mol. The van der Waals surface area contributed by atoms with Crippen molar-refractivity contribution in [1.29, 1.82) is 0 Å². The first kappa shape index (κ1) is 15.4. The summed E-state index contributed by atoms with van der Waals surface area (Å²) >= 11 is 3.43. The molecule has 1 aliphatic carbocycles. The molecule has 20 heavy (non-hydrogen) atoms. The number of methoxy groups -OCH3 is 1. The van der Waals surface area contributed by atoms with Gasteiger partial charge in [-0.15, -0.1) is 0 Å². The standard InChI is InChI=1S/C16H22BrNO2/c1-11-4-3-5-12(7-6-11)18-16(19)14-10-13(20-2)8-9-15(14)17/h8-12H,3-7H2,1-2H3,(H,18,19). The molecule has 0 radical (unpaired) electrons. The molecule has 4 heteroatoms. The summed E-state index contributed by atoms with van der Waals surface area (Å²) < 4.78 is 5.99. The first-order chi connectivity index (χ1) is 9.60. The van der Waals surface area contributed by atoms with E-state index in [0.29, 0.717) is 17.4 Å². The van der Waals surface area contributed by atoms with E-state index in [0.717, 1.165) is 23.2 Å². The summed E-state index contributed by atoms with van der Waals surface area (Å²) in [6, 6.07) is 5.76. The van der Waals surface area contributed by atoms with Crippen LogP contribution in [0, 0.1) is 5.92 Å². The fourth-order valence-corrected chi connectivity index (χ4v) is 3.13. The molecule has 1 aromatic carbocycles. The van der Waals surface area contributed by atoms with E-state index in [-0.39, 0.29) is 5.91 Å². The van der Waals surface area contributed by atoms with E-state index in [2.05, 4.69) is 28.2 Å². The molecule has 1 N–H and O–H groups in total. The number of nitrogens with one attached hydrogen (secondary N) is 1. The summed E-state index contributed by atoms with van der Waals surface area (Å²) in [5, 5.41) is 3.16. The minimum atomic E-state index is -0.0182. The van der Waals surface area contributed by atoms with Crippen molar-refractivity contribution in [3.8, 4) is 5.75 Å². The summed E-state index contributed by atoms with van der Waals surface area (Å²) in [5.41, 5.74) is 0.640. The van der Waals surface area contributed by atoms with Crippen molar-refractivity contribution in [2.45, 2.75) is 45.1 Å². The Labute approximate surface area is 129 Å². The molecule has 1 fully saturated rings. The second kappa shape index (κ2) is 7.11. The van der Waals surface area contributed by atoms with Crippen molar-refractivity contribution < 1.29 is 9.53 Å². The third kappa shape index (κ3) is 3.98. The number of carbonyl (C=O) groups excluding carboxylic acids is 1. The number of carbonyl (C=O) groups is 1. The number of benzene rings is 1. The van der Waals surface area contributed by atoms with E-state index in [4.69, 9.17) is 4.74 Å². The van der Waals surface area contributed by atoms with E-state index >= 15 is 0 Å². The number of amides is 1. The van der Waals surface area contributed by atoms with Gasteiger partial charge in [-0.2, -0.15) is 0 Å². The van der Waals surface area contributed by atoms with Gasteiger partial charge in [0.1, 0.15) is 5.75 Å². The van der Waals surface area contributed by atoms with Crippen LogP contribution < -0.4 is 10.1 Å². The van der Waals surface area contributed by atoms with Crippen LogP contribution in [0.1, 0.15) is 49.4 Å². The summed E-state index contributed by atoms with van der Waals surface area (Å²) in [4.78, 5) is 12.4. The lowest BCUT2D eigenvalue weighted by molar-refractivity contribution is 0.0932. The minimum absolute atomic E-state index is 0.0182. The van der Waals surface area contributed by atoms with E-state index < -0.39 is 0 Å². The number of halogens is 1. The summed E-state index contributed by atoms with van der Waals surface area (Å²) in [7, 11) is 1.61. The highest BCUT2D eigenvalue weighted by Crippen LogP contribution is 2.25. The van der Waals surface area contributed by atoms with E-state index in [1.165, 1.54) is 19.3 Å². The molecule has 2 atom stereocenters. The lowest BCUT2D eigenvalue weighted by atomic mass is 10.0. The molecule has 2 rings (SSSR count). The van der Waals surface area contributed by atoms with E-state index in [1.807, 2.05) is 12.1 Å². The van der Waals surface area contributed by atoms with Crippen LogP contribution in [0.3, 0.4) is 0 Å². The molecule has 0 aromatic heterocycles. The molecule has 0 bridgehead atoms. The first-order valence-electron chi connectivity index (χ1n) is 7.24. The molecule has 110 valence electrons. The smallest absolute Gasteiger partial charge is 0.252 e. The van der Waals surface area contributed by atoms with Crippen molar-refractivity contribution in [2.75, 3.05) is 7.11 Å². The lowest BCUT2D eigenvalue weighted by Gasteiger charge is -2.17. The van der Waals surface area contributed by atoms with Crippen molar-refractivity contribution >= 4 is 21.8 Å². The fraction of sp³-hybridized carbons (Fsp3) is 0.562. The Morgan fingerprint density at radius 2 is 2.10 bits per heavy atom. The van der Waals surface area contributed by atoms with Gasteiger partial charge in [0.2, 0.25) is 0 Å². The highest BCUT2D eigenvalue weighted by molar-refractivity contribution is 9.10. The van der Waals surface area contributed by atoms with Gasteiger partial charge in [0, 0.05) is 10.5 Å². The quantitative estimate of drug-likeness (QED) is 0.839. The molecular formula is C16H22BrNO2. The van der Waals surface area contributed by atoms with Crippen molar-refractivity contribution in [2.24, 2.45) is 5.92 Å². The van der Waals surface area contributed by atoms with Gasteiger partial charge >= 0.3 is 0 Å². The monoisotopic (exact) mass is 339 g/mol. The zero-order chi connectivity index (χ0) is 14.5. The largest absolute Gasteiger partial charge is 0.497 e. The van der Waals surface area contributed by atoms with Gasteiger partial charge in [-0.1, -0.05) is 19.8 Å². The Kier molecular flexibility index (Phi) is 5.46. The number of ether oxygens (including phenoxy) is 1. The van der Waals surface area contributed by atoms with Crippen molar-refractivity contribution in [3.63, 3.8) is 0 Å². The lowest BCUT2D eigenvalue weighted by Crippen LogP contribution is -2.34. The third-order valence-corrected chi connectivity index (χ3v) is 4.70. The molecule has 0 spiro atoms. The predicted molar refractivity (Wildman–Crippen MR) is 84.2 cm³/mol. The summed E-state index contributed by atoms with van der Waals surface area (Å²) in [6.45, 7) is 2.29. The maximum absolute atomic E-state index is 12.4. The molecule has 0 aliphatic heterocycles. The van der Waals surface area contributed by atoms with Crippen LogP contribution >= 0.6 is 15.9 Å². The molecule has 2 unspecified atom stereocenters. The van der Waals surface area contributed by atoms with Crippen LogP contribution in [-0.2, 0) is 0 Å². The van der Waals surface area contributed by atoms with E-state index in [9.17, 15) is 4.79 Å². The first-order valence-corrected chi connectivity index (χ1v) is 8.04. The van der Waals surface area contributed by atoms with E-state index in [1.54, 1.807) is 13.2 Å². The summed E-state index contributed by atoms with van der Waals surface area (Å²) in [5.74, 6) is 1.46. The Hall–Kier alpha value is -1.03. The average Bonchev–Trinajstić information content (AvgIpc) is 2.64. The van der Waals surface area contributed by atoms with Crippen molar-refractivity contribution in [3.05, 3.63) is 28.2 Å². The zero-order valence-electron chi connectivity index (χ0n) is 12.1. The zero-order valence-corrected chi connectivity index (χ0v) is 13.7. The fourth-order valence-electron chi connectivity index (χ4n) is 2.70. The third-order valence-electron chi connectivity index (χ3n) is 4.01. The number of rotatable bonds is 3. The van der Waals surface area contributed by atoms with Crippen LogP contribution in [0.4, 0.5) is 0 Å². The maximum Gasteiger partial charge on any atom is 0.252 e. The van der Waals surface area contributed by atoms with Gasteiger partial charge < -0.3 is 10.1 Å². The Bertz CT molecular complexity index is 476. The summed E-state index contributed by atoms with van der Waals surface area (Å²) in [6.07, 6.45) is 5.83. The Balaban J connectivity index is 2.04. The molecular weight excluding hydrogens is 318 g/mol. The van der Waals surface area contributed by atoms with Crippen LogP contribution in [0.15, 0.2) is 22.7 Å². The van der Waals surface area contributed by atoms with Crippen LogP contribution in [0.25, 0.3) is 0 Å². The molecule has 1 aromatic rings. The van der Waals surface area contributed by atoms with Crippen LogP contribution in [-0.4, -0.2) is 19.1 Å². The van der Waals surface area contributed by atoms with Gasteiger partial charge in [-0.25, -0.2) is 0 Å². The van der Waals surface area contributed by atoms with Crippen LogP contribution in [0.2, 0.25) is 0 Å². The second-order valence-corrected chi connectivity index (χ2v) is 6.48. The van der Waals surface area contributed by atoms with Gasteiger partial charge in [-0.05, 0) is 59.3 Å². The molecule has 1 saturated carbocycles. The SMILES string of the molecule is COc1ccc(Br)c(C(=O)NC2CCCC(C)CC2)c1. The minimum Gasteiger partial charge on any atom is -0.497 e. The Morgan fingerprint density at radius 1 is 1.30 bits per heavy atom. The second-order valence-electron chi connectivity index (χ2n) is 5.63. The molecule has 1 aliphatic rings. The molecule has 1 amide bonds. The highest BCUT2D eigenvalue weighted by Gasteiger charge is 2.19. The highest BCUT2D eigenvalue weighted by atomic mass is 79.9. The Morgan fingerprint density at radius 3 is 2.85 bits per heavy atom. The number of hydrogen-bond donors (Lipinski definition) is 1. The molecule has 3 nitrogen and oxygen atoms in total. The van der Waals surface area contributed by atoms with Crippen LogP contribution in [0.5, 0.6) is 5.75 Å². The normalized spacial score (nSPS) is 22.9. The molecule has 0 saturated heterocycles. The number of hydrogen-bond acceptors (Lipinski definition) is 2.